The van der Waals surface area contributed by atoms with Crippen molar-refractivity contribution < 1.29 is 14.2 Å². The van der Waals surface area contributed by atoms with Crippen LogP contribution in [0.2, 0.25) is 0 Å². The number of aryl methyl sites for hydroxylation is 1. The van der Waals surface area contributed by atoms with Gasteiger partial charge in [-0.05, 0) is 31.0 Å². The van der Waals surface area contributed by atoms with Crippen LogP contribution in [-0.2, 0) is 13.0 Å². The van der Waals surface area contributed by atoms with E-state index in [1.165, 1.54) is 6.07 Å². The second-order valence-corrected chi connectivity index (χ2v) is 3.90. The second kappa shape index (κ2) is 5.27. The molecule has 88 valence electrons. The molecule has 2 rings (SSSR count). The Hall–Kier alpha value is -1.13. The van der Waals surface area contributed by atoms with Crippen molar-refractivity contribution in [1.82, 2.24) is 5.32 Å². The maximum absolute atomic E-state index is 13.8. The van der Waals surface area contributed by atoms with E-state index in [1.54, 1.807) is 0 Å². The summed E-state index contributed by atoms with van der Waals surface area (Å²) in [7, 11) is 0. The molecule has 1 aromatic rings. The Morgan fingerprint density at radius 1 is 1.44 bits per heavy atom. The van der Waals surface area contributed by atoms with Crippen molar-refractivity contribution >= 4 is 0 Å². The van der Waals surface area contributed by atoms with Crippen LogP contribution in [0.1, 0.15) is 17.5 Å². The van der Waals surface area contributed by atoms with Gasteiger partial charge >= 0.3 is 0 Å². The molecule has 4 heteroatoms. The van der Waals surface area contributed by atoms with Crippen LogP contribution < -0.4 is 10.1 Å². The summed E-state index contributed by atoms with van der Waals surface area (Å²) in [5, 5.41) is 11.8. The van der Waals surface area contributed by atoms with E-state index >= 15 is 0 Å². The molecule has 0 unspecified atom stereocenters. The molecular formula is C12H16FNO2. The van der Waals surface area contributed by atoms with Gasteiger partial charge in [0.2, 0.25) is 0 Å². The van der Waals surface area contributed by atoms with Crippen molar-refractivity contribution in [3.63, 3.8) is 0 Å². The predicted molar refractivity (Wildman–Crippen MR) is 59.0 cm³/mol. The zero-order valence-corrected chi connectivity index (χ0v) is 9.13. The first-order valence-electron chi connectivity index (χ1n) is 5.57. The molecule has 0 atom stereocenters. The average molecular weight is 225 g/mol. The smallest absolute Gasteiger partial charge is 0.131 e. The summed E-state index contributed by atoms with van der Waals surface area (Å²) in [6.45, 7) is 1.65. The Morgan fingerprint density at radius 3 is 3.12 bits per heavy atom. The minimum atomic E-state index is -0.222. The molecule has 0 aliphatic carbocycles. The Morgan fingerprint density at radius 2 is 2.31 bits per heavy atom. The number of aliphatic hydroxyl groups is 1. The third-order valence-electron chi connectivity index (χ3n) is 2.72. The normalized spacial score (nSPS) is 15.4. The molecule has 0 amide bonds. The first-order chi connectivity index (χ1) is 7.81. The molecule has 0 aromatic heterocycles. The van der Waals surface area contributed by atoms with E-state index in [9.17, 15) is 4.39 Å². The topological polar surface area (TPSA) is 41.5 Å². The van der Waals surface area contributed by atoms with Crippen LogP contribution in [0.4, 0.5) is 4.39 Å². The molecule has 0 spiro atoms. The Kier molecular flexibility index (Phi) is 3.74. The maximum Gasteiger partial charge on any atom is 0.131 e. The van der Waals surface area contributed by atoms with Gasteiger partial charge < -0.3 is 15.2 Å². The number of fused-ring (bicyclic) bond motifs is 1. The molecule has 0 fully saturated rings. The first-order valence-corrected chi connectivity index (χ1v) is 5.57. The number of hydrogen-bond acceptors (Lipinski definition) is 3. The zero-order chi connectivity index (χ0) is 11.4. The van der Waals surface area contributed by atoms with Crippen molar-refractivity contribution in [2.75, 3.05) is 19.8 Å². The Labute approximate surface area is 94.2 Å². The van der Waals surface area contributed by atoms with Gasteiger partial charge in [-0.3, -0.25) is 0 Å². The van der Waals surface area contributed by atoms with Gasteiger partial charge in [-0.15, -0.1) is 0 Å². The van der Waals surface area contributed by atoms with Crippen molar-refractivity contribution in [3.05, 3.63) is 29.1 Å². The van der Waals surface area contributed by atoms with Gasteiger partial charge in [0.15, 0.2) is 0 Å². The van der Waals surface area contributed by atoms with Gasteiger partial charge in [0.25, 0.3) is 0 Å². The van der Waals surface area contributed by atoms with Crippen molar-refractivity contribution in [1.29, 1.82) is 0 Å². The van der Waals surface area contributed by atoms with Crippen LogP contribution in [0.25, 0.3) is 0 Å². The number of aliphatic hydroxyl groups excluding tert-OH is 1. The van der Waals surface area contributed by atoms with Crippen LogP contribution in [0.3, 0.4) is 0 Å². The van der Waals surface area contributed by atoms with Crippen LogP contribution in [0, 0.1) is 5.82 Å². The van der Waals surface area contributed by atoms with Crippen LogP contribution >= 0.6 is 0 Å². The van der Waals surface area contributed by atoms with E-state index in [2.05, 4.69) is 5.32 Å². The minimum absolute atomic E-state index is 0.0553. The maximum atomic E-state index is 13.8. The van der Waals surface area contributed by atoms with Gasteiger partial charge in [0.1, 0.15) is 18.2 Å². The SMILES string of the molecule is OCCOc1cc(F)c2c(c1)CCCNC2. The number of halogens is 1. The lowest BCUT2D eigenvalue weighted by atomic mass is 10.0. The van der Waals surface area contributed by atoms with Gasteiger partial charge in [-0.1, -0.05) is 0 Å². The highest BCUT2D eigenvalue weighted by atomic mass is 19.1. The van der Waals surface area contributed by atoms with Crippen LogP contribution in [0.15, 0.2) is 12.1 Å². The lowest BCUT2D eigenvalue weighted by molar-refractivity contribution is 0.201. The molecule has 0 bridgehead atoms. The van der Waals surface area contributed by atoms with E-state index in [0.29, 0.717) is 12.3 Å². The monoisotopic (exact) mass is 225 g/mol. The number of ether oxygens (including phenoxy) is 1. The molecule has 2 N–H and O–H groups in total. The van der Waals surface area contributed by atoms with Crippen molar-refractivity contribution in [2.24, 2.45) is 0 Å². The summed E-state index contributed by atoms with van der Waals surface area (Å²) in [4.78, 5) is 0. The highest BCUT2D eigenvalue weighted by Gasteiger charge is 2.13. The summed E-state index contributed by atoms with van der Waals surface area (Å²) in [6.07, 6.45) is 1.88. The molecule has 16 heavy (non-hydrogen) atoms. The summed E-state index contributed by atoms with van der Waals surface area (Å²) in [5.74, 6) is 0.284. The standard InChI is InChI=1S/C12H16FNO2/c13-12-7-10(16-5-4-15)6-9-2-1-3-14-8-11(9)12/h6-7,14-15H,1-5,8H2. The van der Waals surface area contributed by atoms with Crippen LogP contribution in [-0.4, -0.2) is 24.9 Å². The fourth-order valence-electron chi connectivity index (χ4n) is 1.95. The molecule has 0 saturated carbocycles. The summed E-state index contributed by atoms with van der Waals surface area (Å²) >= 11 is 0. The van der Waals surface area contributed by atoms with E-state index in [1.807, 2.05) is 6.07 Å². The fraction of sp³-hybridized carbons (Fsp3) is 0.500. The van der Waals surface area contributed by atoms with Gasteiger partial charge in [0.05, 0.1) is 6.61 Å². The Balaban J connectivity index is 2.24. The van der Waals surface area contributed by atoms with Gasteiger partial charge in [0, 0.05) is 18.2 Å². The van der Waals surface area contributed by atoms with Crippen LogP contribution in [0.5, 0.6) is 5.75 Å². The molecule has 0 saturated heterocycles. The second-order valence-electron chi connectivity index (χ2n) is 3.90. The van der Waals surface area contributed by atoms with E-state index in [0.717, 1.165) is 30.5 Å². The largest absolute Gasteiger partial charge is 0.491 e. The molecule has 1 aromatic carbocycles. The van der Waals surface area contributed by atoms with E-state index < -0.39 is 0 Å². The lowest BCUT2D eigenvalue weighted by Gasteiger charge is -2.11. The van der Waals surface area contributed by atoms with E-state index in [-0.39, 0.29) is 19.0 Å². The summed E-state index contributed by atoms with van der Waals surface area (Å²) in [6, 6.07) is 3.27. The highest BCUT2D eigenvalue weighted by molar-refractivity contribution is 5.37. The minimum Gasteiger partial charge on any atom is -0.491 e. The molecule has 3 nitrogen and oxygen atoms in total. The zero-order valence-electron chi connectivity index (χ0n) is 9.13. The summed E-state index contributed by atoms with van der Waals surface area (Å²) in [5.41, 5.74) is 1.76. The molecule has 1 aliphatic rings. The fourth-order valence-corrected chi connectivity index (χ4v) is 1.95. The highest BCUT2D eigenvalue weighted by Crippen LogP contribution is 2.24. The predicted octanol–water partition coefficient (Wildman–Crippen LogP) is 1.23. The average Bonchev–Trinajstić information content (AvgIpc) is 2.51. The van der Waals surface area contributed by atoms with Crippen molar-refractivity contribution in [2.45, 2.75) is 19.4 Å². The van der Waals surface area contributed by atoms with Gasteiger partial charge in [-0.2, -0.15) is 0 Å². The number of rotatable bonds is 3. The quantitative estimate of drug-likeness (QED) is 0.813. The lowest BCUT2D eigenvalue weighted by Crippen LogP contribution is -2.13. The Bertz CT molecular complexity index is 368. The van der Waals surface area contributed by atoms with E-state index in [4.69, 9.17) is 9.84 Å². The van der Waals surface area contributed by atoms with Gasteiger partial charge in [-0.25, -0.2) is 4.39 Å². The third kappa shape index (κ3) is 2.51. The first kappa shape index (κ1) is 11.4. The summed E-state index contributed by atoms with van der Waals surface area (Å²) < 4.78 is 19.0. The molecule has 1 heterocycles. The number of nitrogens with one attached hydrogen (secondary N) is 1. The third-order valence-corrected chi connectivity index (χ3v) is 2.72. The molecular weight excluding hydrogens is 209 g/mol. The number of hydrogen-bond donors (Lipinski definition) is 2. The molecule has 0 radical (unpaired) electrons. The van der Waals surface area contributed by atoms with Crippen molar-refractivity contribution in [3.8, 4) is 5.75 Å². The molecule has 1 aliphatic heterocycles. The number of benzene rings is 1.